The van der Waals surface area contributed by atoms with Crippen molar-refractivity contribution in [3.05, 3.63) is 52.8 Å². The fourth-order valence-electron chi connectivity index (χ4n) is 2.10. The van der Waals surface area contributed by atoms with Crippen molar-refractivity contribution >= 4 is 5.95 Å². The van der Waals surface area contributed by atoms with Gasteiger partial charge >= 0.3 is 0 Å². The Bertz CT molecular complexity index is 526. The quantitative estimate of drug-likeness (QED) is 0.839. The second kappa shape index (κ2) is 5.83. The molecule has 0 atom stereocenters. The van der Waals surface area contributed by atoms with Crippen LogP contribution < -0.4 is 4.90 Å². The molecule has 1 aromatic heterocycles. The Morgan fingerprint density at radius 3 is 2.00 bits per heavy atom. The predicted octanol–water partition coefficient (Wildman–Crippen LogP) is 3.29. The first-order chi connectivity index (χ1) is 9.08. The highest BCUT2D eigenvalue weighted by molar-refractivity contribution is 5.33. The first kappa shape index (κ1) is 13.5. The van der Waals surface area contributed by atoms with Crippen molar-refractivity contribution < 1.29 is 0 Å². The smallest absolute Gasteiger partial charge is 0.225 e. The number of aryl methyl sites for hydroxylation is 3. The van der Waals surface area contributed by atoms with Crippen LogP contribution in [0.2, 0.25) is 0 Å². The molecule has 0 saturated heterocycles. The van der Waals surface area contributed by atoms with Crippen LogP contribution in [0.4, 0.5) is 5.95 Å². The first-order valence-corrected chi connectivity index (χ1v) is 6.69. The van der Waals surface area contributed by atoms with Gasteiger partial charge in [0.05, 0.1) is 0 Å². The lowest BCUT2D eigenvalue weighted by atomic mass is 10.1. The van der Waals surface area contributed by atoms with E-state index in [2.05, 4.69) is 46.1 Å². The van der Waals surface area contributed by atoms with Crippen molar-refractivity contribution in [2.45, 2.75) is 33.7 Å². The van der Waals surface area contributed by atoms with Gasteiger partial charge in [-0.05, 0) is 37.5 Å². The summed E-state index contributed by atoms with van der Waals surface area (Å²) in [7, 11) is 2.03. The molecule has 2 aromatic rings. The zero-order valence-electron chi connectivity index (χ0n) is 12.1. The molecule has 0 unspecified atom stereocenters. The molecule has 0 bridgehead atoms. The monoisotopic (exact) mass is 255 g/mol. The van der Waals surface area contributed by atoms with Gasteiger partial charge in [-0.2, -0.15) is 0 Å². The van der Waals surface area contributed by atoms with E-state index in [-0.39, 0.29) is 0 Å². The number of benzene rings is 1. The van der Waals surface area contributed by atoms with Crippen LogP contribution in [0, 0.1) is 13.8 Å². The summed E-state index contributed by atoms with van der Waals surface area (Å²) in [6.07, 6.45) is 1.08. The summed E-state index contributed by atoms with van der Waals surface area (Å²) in [4.78, 5) is 11.0. The van der Waals surface area contributed by atoms with E-state index in [1.165, 1.54) is 11.1 Å². The summed E-state index contributed by atoms with van der Waals surface area (Å²) >= 11 is 0. The van der Waals surface area contributed by atoms with Gasteiger partial charge in [0.15, 0.2) is 0 Å². The molecule has 1 heterocycles. The van der Waals surface area contributed by atoms with Gasteiger partial charge in [0.2, 0.25) is 5.95 Å². The largest absolute Gasteiger partial charge is 0.340 e. The van der Waals surface area contributed by atoms with Gasteiger partial charge in [0.1, 0.15) is 0 Å². The van der Waals surface area contributed by atoms with E-state index in [0.717, 1.165) is 30.3 Å². The third kappa shape index (κ3) is 3.53. The lowest BCUT2D eigenvalue weighted by molar-refractivity contribution is 0.851. The average Bonchev–Trinajstić information content (AvgIpc) is 2.38. The highest BCUT2D eigenvalue weighted by Gasteiger charge is 2.06. The Kier molecular flexibility index (Phi) is 4.15. The molecule has 0 aliphatic rings. The second-order valence-corrected chi connectivity index (χ2v) is 4.98. The average molecular weight is 255 g/mol. The van der Waals surface area contributed by atoms with Gasteiger partial charge in [-0.15, -0.1) is 0 Å². The minimum atomic E-state index is 0.789. The van der Waals surface area contributed by atoms with E-state index < -0.39 is 0 Å². The van der Waals surface area contributed by atoms with Gasteiger partial charge in [-0.25, -0.2) is 9.97 Å². The summed E-state index contributed by atoms with van der Waals surface area (Å²) in [6.45, 7) is 7.00. The van der Waals surface area contributed by atoms with Gasteiger partial charge in [-0.3, -0.25) is 0 Å². The van der Waals surface area contributed by atoms with E-state index in [0.29, 0.717) is 0 Å². The number of hydrogen-bond donors (Lipinski definition) is 0. The van der Waals surface area contributed by atoms with Crippen LogP contribution >= 0.6 is 0 Å². The van der Waals surface area contributed by atoms with Crippen LogP contribution in [0.25, 0.3) is 0 Å². The van der Waals surface area contributed by atoms with E-state index in [1.807, 2.05) is 27.0 Å². The van der Waals surface area contributed by atoms with Crippen molar-refractivity contribution in [1.82, 2.24) is 9.97 Å². The van der Waals surface area contributed by atoms with Crippen LogP contribution in [-0.2, 0) is 13.0 Å². The predicted molar refractivity (Wildman–Crippen MR) is 79.4 cm³/mol. The molecule has 0 amide bonds. The van der Waals surface area contributed by atoms with Gasteiger partial charge in [0.25, 0.3) is 0 Å². The first-order valence-electron chi connectivity index (χ1n) is 6.69. The van der Waals surface area contributed by atoms with Crippen LogP contribution in [0.5, 0.6) is 0 Å². The number of hydrogen-bond acceptors (Lipinski definition) is 3. The fourth-order valence-corrected chi connectivity index (χ4v) is 2.10. The molecule has 0 N–H and O–H groups in total. The molecule has 0 radical (unpaired) electrons. The molecule has 100 valence electrons. The SMILES string of the molecule is CCc1ccc(CN(C)c2nc(C)cc(C)n2)cc1. The number of rotatable bonds is 4. The fraction of sp³-hybridized carbons (Fsp3) is 0.375. The van der Waals surface area contributed by atoms with Crippen LogP contribution in [-0.4, -0.2) is 17.0 Å². The normalized spacial score (nSPS) is 10.5. The number of nitrogens with zero attached hydrogens (tertiary/aromatic N) is 3. The van der Waals surface area contributed by atoms with Gasteiger partial charge in [-0.1, -0.05) is 31.2 Å². The van der Waals surface area contributed by atoms with Crippen molar-refractivity contribution in [3.8, 4) is 0 Å². The Morgan fingerprint density at radius 1 is 0.947 bits per heavy atom. The molecule has 19 heavy (non-hydrogen) atoms. The van der Waals surface area contributed by atoms with Crippen LogP contribution in [0.1, 0.15) is 29.4 Å². The maximum Gasteiger partial charge on any atom is 0.225 e. The summed E-state index contributed by atoms with van der Waals surface area (Å²) in [6, 6.07) is 10.7. The summed E-state index contributed by atoms with van der Waals surface area (Å²) in [5, 5.41) is 0. The van der Waals surface area contributed by atoms with Crippen LogP contribution in [0.15, 0.2) is 30.3 Å². The highest BCUT2D eigenvalue weighted by atomic mass is 15.2. The maximum absolute atomic E-state index is 4.48. The maximum atomic E-state index is 4.48. The molecule has 0 spiro atoms. The van der Waals surface area contributed by atoms with Crippen molar-refractivity contribution in [2.24, 2.45) is 0 Å². The second-order valence-electron chi connectivity index (χ2n) is 4.98. The van der Waals surface area contributed by atoms with E-state index in [4.69, 9.17) is 0 Å². The third-order valence-corrected chi connectivity index (χ3v) is 3.16. The minimum Gasteiger partial charge on any atom is -0.340 e. The molecule has 3 nitrogen and oxygen atoms in total. The Morgan fingerprint density at radius 2 is 1.47 bits per heavy atom. The molecule has 1 aromatic carbocycles. The Hall–Kier alpha value is -1.90. The summed E-state index contributed by atoms with van der Waals surface area (Å²) < 4.78 is 0. The van der Waals surface area contributed by atoms with Crippen LogP contribution in [0.3, 0.4) is 0 Å². The highest BCUT2D eigenvalue weighted by Crippen LogP contribution is 2.13. The molecule has 0 fully saturated rings. The van der Waals surface area contributed by atoms with Gasteiger partial charge < -0.3 is 4.90 Å². The molecule has 2 rings (SSSR count). The van der Waals surface area contributed by atoms with Gasteiger partial charge in [0, 0.05) is 25.0 Å². The molecule has 3 heteroatoms. The van der Waals surface area contributed by atoms with E-state index in [9.17, 15) is 0 Å². The van der Waals surface area contributed by atoms with Crippen molar-refractivity contribution in [3.63, 3.8) is 0 Å². The molecule has 0 saturated carbocycles. The standard InChI is InChI=1S/C16H21N3/c1-5-14-6-8-15(9-7-14)11-19(4)16-17-12(2)10-13(3)18-16/h6-10H,5,11H2,1-4H3. The molecular weight excluding hydrogens is 234 g/mol. The lowest BCUT2D eigenvalue weighted by Gasteiger charge is -2.18. The zero-order valence-corrected chi connectivity index (χ0v) is 12.1. The topological polar surface area (TPSA) is 29.0 Å². The molecule has 0 aliphatic heterocycles. The van der Waals surface area contributed by atoms with Crippen molar-refractivity contribution in [1.29, 1.82) is 0 Å². The third-order valence-electron chi connectivity index (χ3n) is 3.16. The number of anilines is 1. The van der Waals surface area contributed by atoms with E-state index in [1.54, 1.807) is 0 Å². The Balaban J connectivity index is 2.13. The minimum absolute atomic E-state index is 0.789. The summed E-state index contributed by atoms with van der Waals surface area (Å²) in [5.41, 5.74) is 4.67. The zero-order chi connectivity index (χ0) is 13.8. The van der Waals surface area contributed by atoms with Crippen molar-refractivity contribution in [2.75, 3.05) is 11.9 Å². The van der Waals surface area contributed by atoms with E-state index >= 15 is 0 Å². The number of aromatic nitrogens is 2. The lowest BCUT2D eigenvalue weighted by Crippen LogP contribution is -2.19. The Labute approximate surface area is 115 Å². The molecule has 0 aliphatic carbocycles. The summed E-state index contributed by atoms with van der Waals surface area (Å²) in [5.74, 6) is 0.789. The molecular formula is C16H21N3.